The second-order valence-electron chi connectivity index (χ2n) is 5.10. The molecule has 1 aromatic carbocycles. The highest BCUT2D eigenvalue weighted by atomic mass is 16.5. The molecule has 108 valence electrons. The molecule has 0 aliphatic rings. The van der Waals surface area contributed by atoms with E-state index in [1.807, 2.05) is 37.3 Å². The zero-order chi connectivity index (χ0) is 14.4. The van der Waals surface area contributed by atoms with Gasteiger partial charge in [-0.15, -0.1) is 0 Å². The minimum Gasteiger partial charge on any atom is -0.493 e. The maximum absolute atomic E-state index is 5.94. The summed E-state index contributed by atoms with van der Waals surface area (Å²) >= 11 is 0. The molecule has 1 aromatic heterocycles. The Bertz CT molecular complexity index is 531. The second kappa shape index (κ2) is 7.15. The van der Waals surface area contributed by atoms with Crippen LogP contribution in [0.15, 0.2) is 40.8 Å². The standard InChI is InChI=1S/C17H23NO2/c1-4-19-16-10-6-5-9-15(16)17-12-11-14(20-17)8-7-13-18(2)3/h5-6,9-12H,4,7-8,13H2,1-3H3. The molecule has 0 bridgehead atoms. The predicted octanol–water partition coefficient (Wildman–Crippen LogP) is 3.84. The average Bonchev–Trinajstić information content (AvgIpc) is 2.88. The zero-order valence-electron chi connectivity index (χ0n) is 12.6. The molecule has 1 heterocycles. The Balaban J connectivity index is 2.08. The molecule has 0 aliphatic heterocycles. The molecule has 0 atom stereocenters. The predicted molar refractivity (Wildman–Crippen MR) is 82.2 cm³/mol. The summed E-state index contributed by atoms with van der Waals surface area (Å²) in [6.45, 7) is 3.73. The highest BCUT2D eigenvalue weighted by Gasteiger charge is 2.10. The van der Waals surface area contributed by atoms with Crippen molar-refractivity contribution >= 4 is 0 Å². The summed E-state index contributed by atoms with van der Waals surface area (Å²) in [7, 11) is 4.18. The van der Waals surface area contributed by atoms with Crippen molar-refractivity contribution in [2.75, 3.05) is 27.2 Å². The molecule has 0 amide bonds. The third-order valence-electron chi connectivity index (χ3n) is 3.14. The summed E-state index contributed by atoms with van der Waals surface area (Å²) in [6, 6.07) is 12.1. The van der Waals surface area contributed by atoms with Crippen molar-refractivity contribution in [3.8, 4) is 17.1 Å². The average molecular weight is 273 g/mol. The second-order valence-corrected chi connectivity index (χ2v) is 5.10. The highest BCUT2D eigenvalue weighted by molar-refractivity contribution is 5.65. The smallest absolute Gasteiger partial charge is 0.137 e. The fraction of sp³-hybridized carbons (Fsp3) is 0.412. The summed E-state index contributed by atoms with van der Waals surface area (Å²) < 4.78 is 11.6. The quantitative estimate of drug-likeness (QED) is 0.766. The summed E-state index contributed by atoms with van der Waals surface area (Å²) in [5, 5.41) is 0. The minimum atomic E-state index is 0.660. The molecule has 2 aromatic rings. The van der Waals surface area contributed by atoms with E-state index in [4.69, 9.17) is 9.15 Å². The van der Waals surface area contributed by atoms with Gasteiger partial charge in [0.25, 0.3) is 0 Å². The van der Waals surface area contributed by atoms with Gasteiger partial charge in [-0.05, 0) is 58.3 Å². The molecule has 3 nitrogen and oxygen atoms in total. The fourth-order valence-corrected chi connectivity index (χ4v) is 2.18. The maximum atomic E-state index is 5.94. The van der Waals surface area contributed by atoms with Gasteiger partial charge in [0.05, 0.1) is 12.2 Å². The Morgan fingerprint density at radius 3 is 2.65 bits per heavy atom. The first kappa shape index (κ1) is 14.7. The van der Waals surface area contributed by atoms with E-state index in [0.717, 1.165) is 42.2 Å². The van der Waals surface area contributed by atoms with Gasteiger partial charge in [0, 0.05) is 6.42 Å². The first-order chi connectivity index (χ1) is 9.70. The maximum Gasteiger partial charge on any atom is 0.137 e. The van der Waals surface area contributed by atoms with Crippen LogP contribution >= 0.6 is 0 Å². The van der Waals surface area contributed by atoms with Crippen molar-refractivity contribution < 1.29 is 9.15 Å². The number of para-hydroxylation sites is 1. The number of benzene rings is 1. The fourth-order valence-electron chi connectivity index (χ4n) is 2.18. The number of furan rings is 1. The van der Waals surface area contributed by atoms with Crippen LogP contribution in [0, 0.1) is 0 Å². The van der Waals surface area contributed by atoms with Crippen LogP contribution in [0.25, 0.3) is 11.3 Å². The Kier molecular flexibility index (Phi) is 5.24. The van der Waals surface area contributed by atoms with E-state index in [9.17, 15) is 0 Å². The SMILES string of the molecule is CCOc1ccccc1-c1ccc(CCCN(C)C)o1. The van der Waals surface area contributed by atoms with Crippen molar-refractivity contribution in [1.29, 1.82) is 0 Å². The largest absolute Gasteiger partial charge is 0.493 e. The molecule has 0 saturated carbocycles. The van der Waals surface area contributed by atoms with Crippen LogP contribution in [-0.2, 0) is 6.42 Å². The summed E-state index contributed by atoms with van der Waals surface area (Å²) in [6.07, 6.45) is 2.07. The van der Waals surface area contributed by atoms with Crippen LogP contribution in [-0.4, -0.2) is 32.1 Å². The summed E-state index contributed by atoms with van der Waals surface area (Å²) in [5.41, 5.74) is 1.02. The molecule has 0 aliphatic carbocycles. The molecule has 0 spiro atoms. The first-order valence-corrected chi connectivity index (χ1v) is 7.16. The van der Waals surface area contributed by atoms with E-state index in [1.54, 1.807) is 0 Å². The Labute approximate surface area is 121 Å². The number of rotatable bonds is 7. The molecule has 0 radical (unpaired) electrons. The van der Waals surface area contributed by atoms with Gasteiger partial charge in [-0.3, -0.25) is 0 Å². The van der Waals surface area contributed by atoms with Crippen LogP contribution in [0.5, 0.6) is 5.75 Å². The van der Waals surface area contributed by atoms with Crippen molar-refractivity contribution in [3.63, 3.8) is 0 Å². The van der Waals surface area contributed by atoms with Crippen LogP contribution < -0.4 is 4.74 Å². The lowest BCUT2D eigenvalue weighted by Gasteiger charge is -2.08. The highest BCUT2D eigenvalue weighted by Crippen LogP contribution is 2.31. The van der Waals surface area contributed by atoms with Crippen LogP contribution in [0.1, 0.15) is 19.1 Å². The van der Waals surface area contributed by atoms with Crippen molar-refractivity contribution in [3.05, 3.63) is 42.2 Å². The van der Waals surface area contributed by atoms with Gasteiger partial charge in [0.2, 0.25) is 0 Å². The van der Waals surface area contributed by atoms with E-state index in [-0.39, 0.29) is 0 Å². The lowest BCUT2D eigenvalue weighted by atomic mass is 10.1. The number of hydrogen-bond donors (Lipinski definition) is 0. The Hall–Kier alpha value is -1.74. The molecular weight excluding hydrogens is 250 g/mol. The molecule has 20 heavy (non-hydrogen) atoms. The molecule has 0 N–H and O–H groups in total. The van der Waals surface area contributed by atoms with Gasteiger partial charge < -0.3 is 14.1 Å². The number of aryl methyl sites for hydroxylation is 1. The zero-order valence-corrected chi connectivity index (χ0v) is 12.6. The van der Waals surface area contributed by atoms with E-state index < -0.39 is 0 Å². The van der Waals surface area contributed by atoms with E-state index in [2.05, 4.69) is 25.1 Å². The van der Waals surface area contributed by atoms with Gasteiger partial charge >= 0.3 is 0 Å². The lowest BCUT2D eigenvalue weighted by Crippen LogP contribution is -2.13. The summed E-state index contributed by atoms with van der Waals surface area (Å²) in [4.78, 5) is 2.19. The van der Waals surface area contributed by atoms with Crippen molar-refractivity contribution in [2.45, 2.75) is 19.8 Å². The molecule has 0 saturated heterocycles. The van der Waals surface area contributed by atoms with Crippen molar-refractivity contribution in [2.24, 2.45) is 0 Å². The van der Waals surface area contributed by atoms with Gasteiger partial charge in [-0.2, -0.15) is 0 Å². The Morgan fingerprint density at radius 1 is 1.10 bits per heavy atom. The normalized spacial score (nSPS) is 11.0. The number of hydrogen-bond acceptors (Lipinski definition) is 3. The topological polar surface area (TPSA) is 25.6 Å². The minimum absolute atomic E-state index is 0.660. The molecule has 0 fully saturated rings. The summed E-state index contributed by atoms with van der Waals surface area (Å²) in [5.74, 6) is 2.80. The van der Waals surface area contributed by atoms with Gasteiger partial charge in [-0.1, -0.05) is 12.1 Å². The van der Waals surface area contributed by atoms with Gasteiger partial charge in [0.15, 0.2) is 0 Å². The van der Waals surface area contributed by atoms with E-state index in [0.29, 0.717) is 6.61 Å². The van der Waals surface area contributed by atoms with Crippen LogP contribution in [0.3, 0.4) is 0 Å². The van der Waals surface area contributed by atoms with Crippen molar-refractivity contribution in [1.82, 2.24) is 4.90 Å². The van der Waals surface area contributed by atoms with Gasteiger partial charge in [-0.25, -0.2) is 0 Å². The third-order valence-corrected chi connectivity index (χ3v) is 3.14. The van der Waals surface area contributed by atoms with Crippen LogP contribution in [0.4, 0.5) is 0 Å². The molecule has 3 heteroatoms. The monoisotopic (exact) mass is 273 g/mol. The Morgan fingerprint density at radius 2 is 1.90 bits per heavy atom. The molecule has 0 unspecified atom stereocenters. The molecule has 2 rings (SSSR count). The van der Waals surface area contributed by atoms with E-state index >= 15 is 0 Å². The number of ether oxygens (including phenoxy) is 1. The molecular formula is C17H23NO2. The third kappa shape index (κ3) is 3.87. The van der Waals surface area contributed by atoms with E-state index in [1.165, 1.54) is 0 Å². The lowest BCUT2D eigenvalue weighted by molar-refractivity contribution is 0.340. The first-order valence-electron chi connectivity index (χ1n) is 7.16. The van der Waals surface area contributed by atoms with Gasteiger partial charge in [0.1, 0.15) is 17.3 Å². The van der Waals surface area contributed by atoms with Crippen LogP contribution in [0.2, 0.25) is 0 Å². The number of nitrogens with zero attached hydrogens (tertiary/aromatic N) is 1.